The second-order valence-corrected chi connectivity index (χ2v) is 4.24. The summed E-state index contributed by atoms with van der Waals surface area (Å²) in [5, 5.41) is 9.49. The number of esters is 1. The van der Waals surface area contributed by atoms with E-state index in [4.69, 9.17) is 4.74 Å². The van der Waals surface area contributed by atoms with Gasteiger partial charge in [-0.05, 0) is 30.7 Å². The van der Waals surface area contributed by atoms with E-state index in [-0.39, 0.29) is 5.75 Å². The fourth-order valence-electron chi connectivity index (χ4n) is 1.83. The van der Waals surface area contributed by atoms with Gasteiger partial charge in [-0.25, -0.2) is 9.78 Å². The maximum atomic E-state index is 12.1. The van der Waals surface area contributed by atoms with E-state index >= 15 is 0 Å². The number of hydrogen-bond acceptors (Lipinski definition) is 4. The third kappa shape index (κ3) is 3.06. The molecule has 0 bridgehead atoms. The summed E-state index contributed by atoms with van der Waals surface area (Å²) in [7, 11) is 1.80. The minimum atomic E-state index is -0.440. The van der Waals surface area contributed by atoms with Crippen molar-refractivity contribution in [1.29, 1.82) is 0 Å². The number of carbonyl (C=O) groups is 1. The van der Waals surface area contributed by atoms with Crippen molar-refractivity contribution >= 4 is 17.6 Å². The lowest BCUT2D eigenvalue weighted by Gasteiger charge is -2.07. The zero-order valence-electron chi connectivity index (χ0n) is 11.4. The van der Waals surface area contributed by atoms with Gasteiger partial charge in [-0.3, -0.25) is 0 Å². The van der Waals surface area contributed by atoms with E-state index in [0.29, 0.717) is 23.6 Å². The molecule has 5 nitrogen and oxygen atoms in total. The molecule has 20 heavy (non-hydrogen) atoms. The highest BCUT2D eigenvalue weighted by atomic mass is 16.5. The second-order valence-electron chi connectivity index (χ2n) is 4.24. The van der Waals surface area contributed by atoms with E-state index in [9.17, 15) is 9.90 Å². The molecule has 104 valence electrons. The van der Waals surface area contributed by atoms with Gasteiger partial charge in [-0.2, -0.15) is 0 Å². The van der Waals surface area contributed by atoms with Crippen LogP contribution in [0.5, 0.6) is 5.75 Å². The SMILES string of the molecule is CCOC(=O)C(=Cc1cccc(O)c1)c1nccn1C. The average Bonchev–Trinajstić information content (AvgIpc) is 2.82. The van der Waals surface area contributed by atoms with Crippen LogP contribution in [0.25, 0.3) is 11.6 Å². The zero-order valence-corrected chi connectivity index (χ0v) is 11.4. The Balaban J connectivity index is 2.46. The van der Waals surface area contributed by atoms with Crippen LogP contribution in [0.1, 0.15) is 18.3 Å². The van der Waals surface area contributed by atoms with Crippen LogP contribution in [0, 0.1) is 0 Å². The van der Waals surface area contributed by atoms with Gasteiger partial charge in [0.05, 0.1) is 6.61 Å². The van der Waals surface area contributed by atoms with Gasteiger partial charge >= 0.3 is 5.97 Å². The van der Waals surface area contributed by atoms with Gasteiger partial charge in [0.2, 0.25) is 0 Å². The summed E-state index contributed by atoms with van der Waals surface area (Å²) in [5.74, 6) is 0.221. The van der Waals surface area contributed by atoms with Gasteiger partial charge in [0.15, 0.2) is 0 Å². The molecule has 0 saturated carbocycles. The number of nitrogens with zero attached hydrogens (tertiary/aromatic N) is 2. The molecule has 0 radical (unpaired) electrons. The molecule has 0 aliphatic rings. The highest BCUT2D eigenvalue weighted by Gasteiger charge is 2.17. The van der Waals surface area contributed by atoms with Crippen LogP contribution in [-0.2, 0) is 16.6 Å². The van der Waals surface area contributed by atoms with E-state index in [1.165, 1.54) is 0 Å². The van der Waals surface area contributed by atoms with Crippen molar-refractivity contribution in [3.8, 4) is 5.75 Å². The molecular weight excluding hydrogens is 256 g/mol. The summed E-state index contributed by atoms with van der Waals surface area (Å²) >= 11 is 0. The molecule has 0 aliphatic heterocycles. The largest absolute Gasteiger partial charge is 0.508 e. The van der Waals surface area contributed by atoms with Crippen LogP contribution < -0.4 is 0 Å². The van der Waals surface area contributed by atoms with Gasteiger partial charge in [0.1, 0.15) is 17.1 Å². The van der Waals surface area contributed by atoms with Crippen molar-refractivity contribution in [1.82, 2.24) is 9.55 Å². The Morgan fingerprint density at radius 1 is 1.50 bits per heavy atom. The lowest BCUT2D eigenvalue weighted by Crippen LogP contribution is -2.10. The van der Waals surface area contributed by atoms with Gasteiger partial charge in [-0.15, -0.1) is 0 Å². The zero-order chi connectivity index (χ0) is 14.5. The molecular formula is C15H16N2O3. The Labute approximate surface area is 117 Å². The number of carbonyl (C=O) groups excluding carboxylic acids is 1. The average molecular weight is 272 g/mol. The maximum absolute atomic E-state index is 12.1. The van der Waals surface area contributed by atoms with E-state index < -0.39 is 5.97 Å². The molecule has 2 rings (SSSR count). The molecule has 5 heteroatoms. The lowest BCUT2D eigenvalue weighted by atomic mass is 10.1. The summed E-state index contributed by atoms with van der Waals surface area (Å²) in [6.45, 7) is 2.04. The van der Waals surface area contributed by atoms with Crippen LogP contribution in [0.15, 0.2) is 36.7 Å². The summed E-state index contributed by atoms with van der Waals surface area (Å²) in [5.41, 5.74) is 1.06. The number of hydrogen-bond donors (Lipinski definition) is 1. The Hall–Kier alpha value is -2.56. The number of benzene rings is 1. The van der Waals surface area contributed by atoms with Crippen LogP contribution >= 0.6 is 0 Å². The molecule has 0 spiro atoms. The molecule has 0 atom stereocenters. The minimum absolute atomic E-state index is 0.141. The summed E-state index contributed by atoms with van der Waals surface area (Å²) in [6, 6.07) is 6.65. The predicted octanol–water partition coefficient (Wildman–Crippen LogP) is 2.23. The van der Waals surface area contributed by atoms with Crippen LogP contribution in [0.2, 0.25) is 0 Å². The molecule has 0 fully saturated rings. The molecule has 0 unspecified atom stereocenters. The first kappa shape index (κ1) is 13.9. The standard InChI is InChI=1S/C15H16N2O3/c1-3-20-15(19)13(14-16-7-8-17(14)2)10-11-5-4-6-12(18)9-11/h4-10,18H,3H2,1-2H3. The first-order valence-electron chi connectivity index (χ1n) is 6.27. The molecule has 1 aromatic heterocycles. The number of aryl methyl sites for hydroxylation is 1. The summed E-state index contributed by atoms with van der Waals surface area (Å²) < 4.78 is 6.80. The van der Waals surface area contributed by atoms with Crippen molar-refractivity contribution in [3.05, 3.63) is 48.0 Å². The number of aromatic nitrogens is 2. The van der Waals surface area contributed by atoms with Crippen LogP contribution in [-0.4, -0.2) is 27.2 Å². The molecule has 1 heterocycles. The number of rotatable bonds is 4. The third-order valence-electron chi connectivity index (χ3n) is 2.74. The molecule has 1 aromatic carbocycles. The third-order valence-corrected chi connectivity index (χ3v) is 2.74. The first-order valence-corrected chi connectivity index (χ1v) is 6.27. The van der Waals surface area contributed by atoms with Crippen LogP contribution in [0.3, 0.4) is 0 Å². The Morgan fingerprint density at radius 3 is 2.90 bits per heavy atom. The first-order chi connectivity index (χ1) is 9.61. The molecule has 0 amide bonds. The number of ether oxygens (including phenoxy) is 1. The summed E-state index contributed by atoms with van der Waals surface area (Å²) in [6.07, 6.45) is 5.02. The normalized spacial score (nSPS) is 11.4. The topological polar surface area (TPSA) is 64.3 Å². The van der Waals surface area contributed by atoms with E-state index in [2.05, 4.69) is 4.98 Å². The number of aromatic hydroxyl groups is 1. The fourth-order valence-corrected chi connectivity index (χ4v) is 1.83. The van der Waals surface area contributed by atoms with Gasteiger partial charge < -0.3 is 14.4 Å². The smallest absolute Gasteiger partial charge is 0.341 e. The van der Waals surface area contributed by atoms with Crippen molar-refractivity contribution in [2.45, 2.75) is 6.92 Å². The number of imidazole rings is 1. The van der Waals surface area contributed by atoms with Crippen molar-refractivity contribution in [2.24, 2.45) is 7.05 Å². The number of phenolic OH excluding ortho intramolecular Hbond substituents is 1. The molecule has 1 N–H and O–H groups in total. The molecule has 0 aliphatic carbocycles. The minimum Gasteiger partial charge on any atom is -0.508 e. The fraction of sp³-hybridized carbons (Fsp3) is 0.200. The monoisotopic (exact) mass is 272 g/mol. The Kier molecular flexibility index (Phi) is 4.20. The van der Waals surface area contributed by atoms with Crippen molar-refractivity contribution in [3.63, 3.8) is 0 Å². The molecule has 0 saturated heterocycles. The van der Waals surface area contributed by atoms with E-state index in [0.717, 1.165) is 0 Å². The van der Waals surface area contributed by atoms with Gasteiger partial charge in [0.25, 0.3) is 0 Å². The second kappa shape index (κ2) is 6.06. The Morgan fingerprint density at radius 2 is 2.30 bits per heavy atom. The predicted molar refractivity (Wildman–Crippen MR) is 75.8 cm³/mol. The lowest BCUT2D eigenvalue weighted by molar-refractivity contribution is -0.136. The van der Waals surface area contributed by atoms with E-state index in [1.807, 2.05) is 0 Å². The highest BCUT2D eigenvalue weighted by molar-refractivity contribution is 6.20. The molecule has 2 aromatic rings. The van der Waals surface area contributed by atoms with Gasteiger partial charge in [0, 0.05) is 19.4 Å². The maximum Gasteiger partial charge on any atom is 0.341 e. The van der Waals surface area contributed by atoms with E-state index in [1.54, 1.807) is 61.3 Å². The summed E-state index contributed by atoms with van der Waals surface area (Å²) in [4.78, 5) is 16.2. The van der Waals surface area contributed by atoms with Crippen LogP contribution in [0.4, 0.5) is 0 Å². The van der Waals surface area contributed by atoms with Gasteiger partial charge in [-0.1, -0.05) is 12.1 Å². The quantitative estimate of drug-likeness (QED) is 0.684. The Bertz CT molecular complexity index is 644. The van der Waals surface area contributed by atoms with Crippen molar-refractivity contribution in [2.75, 3.05) is 6.61 Å². The highest BCUT2D eigenvalue weighted by Crippen LogP contribution is 2.20. The van der Waals surface area contributed by atoms with Crippen molar-refractivity contribution < 1.29 is 14.6 Å². The number of phenols is 1.